The molecule has 188 valence electrons. The number of benzene rings is 2. The van der Waals surface area contributed by atoms with Crippen molar-refractivity contribution in [1.29, 1.82) is 0 Å². The fourth-order valence-electron chi connectivity index (χ4n) is 4.59. The van der Waals surface area contributed by atoms with Gasteiger partial charge in [0.05, 0.1) is 30.1 Å². The average molecular weight is 511 g/mol. The Balaban J connectivity index is 2.16. The van der Waals surface area contributed by atoms with Crippen LogP contribution in [0.5, 0.6) is 5.75 Å². The van der Waals surface area contributed by atoms with Crippen molar-refractivity contribution >= 4 is 17.4 Å². The quantitative estimate of drug-likeness (QED) is 0.357. The highest BCUT2D eigenvalue weighted by atomic mass is 32.2. The summed E-state index contributed by atoms with van der Waals surface area (Å²) in [6, 6.07) is 12.8. The number of ether oxygens (including phenoxy) is 1. The molecule has 1 heterocycles. The first-order valence-corrected chi connectivity index (χ1v) is 15.0. The van der Waals surface area contributed by atoms with Gasteiger partial charge >= 0.3 is 7.60 Å². The van der Waals surface area contributed by atoms with Crippen molar-refractivity contribution in [2.75, 3.05) is 19.1 Å². The molecule has 0 aromatic heterocycles. The molecule has 2 atom stereocenters. The van der Waals surface area contributed by atoms with E-state index < -0.39 is 29.3 Å². The second-order valence-corrected chi connectivity index (χ2v) is 12.5. The summed E-state index contributed by atoms with van der Waals surface area (Å²) in [6.07, 6.45) is 2.77. The number of hydrogen-bond acceptors (Lipinski definition) is 6. The zero-order valence-electron chi connectivity index (χ0n) is 20.0. The van der Waals surface area contributed by atoms with Crippen molar-refractivity contribution in [3.63, 3.8) is 0 Å². The lowest BCUT2D eigenvalue weighted by Crippen LogP contribution is -2.50. The predicted molar refractivity (Wildman–Crippen MR) is 133 cm³/mol. The average Bonchev–Trinajstić information content (AvgIpc) is 2.89. The van der Waals surface area contributed by atoms with E-state index in [0.29, 0.717) is 23.3 Å². The van der Waals surface area contributed by atoms with Crippen LogP contribution in [0, 0.1) is 0 Å². The number of nitrogens with one attached hydrogen (secondary N) is 2. The summed E-state index contributed by atoms with van der Waals surface area (Å²) in [5.41, 5.74) is 1.53. The normalized spacial score (nSPS) is 22.1. The summed E-state index contributed by atoms with van der Waals surface area (Å²) in [4.78, 5) is 18.6. The van der Waals surface area contributed by atoms with Crippen molar-refractivity contribution < 1.29 is 27.5 Å². The van der Waals surface area contributed by atoms with Gasteiger partial charge < -0.3 is 19.8 Å². The fraction of sp³-hybridized carbons (Fsp3) is 0.500. The van der Waals surface area contributed by atoms with Gasteiger partial charge in [-0.15, -0.1) is 0 Å². The summed E-state index contributed by atoms with van der Waals surface area (Å²) in [5, 5.41) is 6.43. The molecule has 0 aliphatic carbocycles. The molecule has 1 aliphatic rings. The smallest absolute Gasteiger partial charge is 0.339 e. The van der Waals surface area contributed by atoms with Gasteiger partial charge in [-0.1, -0.05) is 57.0 Å². The van der Waals surface area contributed by atoms with Gasteiger partial charge in [0, 0.05) is 17.6 Å². The van der Waals surface area contributed by atoms with Crippen LogP contribution in [0.25, 0.3) is 0 Å². The van der Waals surface area contributed by atoms with Crippen molar-refractivity contribution in [3.8, 4) is 5.75 Å². The molecule has 8 nitrogen and oxygen atoms in total. The molecular weight excluding hydrogens is 475 g/mol. The number of unbranched alkanes of at least 4 members (excludes halogenated alkanes) is 1. The van der Waals surface area contributed by atoms with Crippen molar-refractivity contribution in [1.82, 2.24) is 10.6 Å². The van der Waals surface area contributed by atoms with Gasteiger partial charge in [0.2, 0.25) is 0 Å². The van der Waals surface area contributed by atoms with E-state index in [4.69, 9.17) is 14.5 Å². The molecular formula is C24H35N2O6PS. The molecule has 4 N–H and O–H groups in total. The zero-order chi connectivity index (χ0) is 25.0. The number of sulfone groups is 1. The van der Waals surface area contributed by atoms with Crippen molar-refractivity contribution in [2.45, 2.75) is 62.6 Å². The van der Waals surface area contributed by atoms with Gasteiger partial charge in [0.25, 0.3) is 0 Å². The monoisotopic (exact) mass is 510 g/mol. The third-order valence-corrected chi connectivity index (χ3v) is 9.02. The van der Waals surface area contributed by atoms with E-state index in [1.807, 2.05) is 37.3 Å². The minimum atomic E-state index is -4.24. The molecule has 0 unspecified atom stereocenters. The fourth-order valence-corrected chi connectivity index (χ4v) is 7.17. The summed E-state index contributed by atoms with van der Waals surface area (Å²) < 4.78 is 44.4. The van der Waals surface area contributed by atoms with Gasteiger partial charge in [-0.25, -0.2) is 8.42 Å². The lowest BCUT2D eigenvalue weighted by Gasteiger charge is -2.36. The minimum Gasteiger partial charge on any atom is -0.496 e. The Morgan fingerprint density at radius 2 is 1.91 bits per heavy atom. The first-order chi connectivity index (χ1) is 16.0. The Labute approximate surface area is 202 Å². The second kappa shape index (κ2) is 10.9. The van der Waals surface area contributed by atoms with Crippen LogP contribution in [0.3, 0.4) is 0 Å². The Morgan fingerprint density at radius 3 is 2.50 bits per heavy atom. The standard InChI is InChI=1S/C24H35N2O6PS/c1-4-6-12-24(5-2)16-34(30,31)22-13-19(15-25-17-33(27,28)29)21(32-3)14-20(22)23(26-24)18-10-8-7-9-11-18/h7-11,13-14,23,25-26H,4-6,12,15-17H2,1-3H3,(H2,27,28,29)/t23-,24-/m1/s1. The maximum atomic E-state index is 13.8. The Kier molecular flexibility index (Phi) is 8.61. The predicted octanol–water partition coefficient (Wildman–Crippen LogP) is 3.73. The van der Waals surface area contributed by atoms with E-state index in [1.54, 1.807) is 12.1 Å². The largest absolute Gasteiger partial charge is 0.496 e. The number of hydrogen-bond donors (Lipinski definition) is 4. The summed E-state index contributed by atoms with van der Waals surface area (Å²) in [5.74, 6) is 0.446. The lowest BCUT2D eigenvalue weighted by atomic mass is 9.88. The number of fused-ring (bicyclic) bond motifs is 1. The first kappa shape index (κ1) is 26.9. The molecule has 1 aliphatic heterocycles. The molecule has 0 saturated heterocycles. The maximum absolute atomic E-state index is 13.8. The van der Waals surface area contributed by atoms with Crippen LogP contribution in [-0.2, 0) is 20.9 Å². The Morgan fingerprint density at radius 1 is 1.21 bits per heavy atom. The summed E-state index contributed by atoms with van der Waals surface area (Å²) in [7, 11) is -6.41. The molecule has 2 aromatic rings. The lowest BCUT2D eigenvalue weighted by molar-refractivity contribution is 0.294. The van der Waals surface area contributed by atoms with Crippen LogP contribution >= 0.6 is 7.60 Å². The van der Waals surface area contributed by atoms with E-state index in [-0.39, 0.29) is 23.2 Å². The highest BCUT2D eigenvalue weighted by Gasteiger charge is 2.42. The second-order valence-electron chi connectivity index (χ2n) is 8.94. The molecule has 2 aromatic carbocycles. The number of rotatable bonds is 10. The van der Waals surface area contributed by atoms with Crippen LogP contribution < -0.4 is 15.4 Å². The molecule has 3 rings (SSSR count). The van der Waals surface area contributed by atoms with E-state index in [2.05, 4.69) is 17.6 Å². The molecule has 34 heavy (non-hydrogen) atoms. The topological polar surface area (TPSA) is 125 Å². The Bertz CT molecular complexity index is 1140. The highest BCUT2D eigenvalue weighted by molar-refractivity contribution is 7.91. The third kappa shape index (κ3) is 6.27. The molecule has 0 saturated carbocycles. The van der Waals surface area contributed by atoms with Gasteiger partial charge in [-0.05, 0) is 36.1 Å². The molecule has 0 radical (unpaired) electrons. The van der Waals surface area contributed by atoms with E-state index in [0.717, 1.165) is 24.8 Å². The molecule has 0 bridgehead atoms. The molecule has 0 spiro atoms. The third-order valence-electron chi connectivity index (χ3n) is 6.43. The van der Waals surface area contributed by atoms with E-state index >= 15 is 0 Å². The van der Waals surface area contributed by atoms with Gasteiger partial charge in [0.1, 0.15) is 5.75 Å². The first-order valence-electron chi connectivity index (χ1n) is 11.6. The van der Waals surface area contributed by atoms with Crippen molar-refractivity contribution in [2.24, 2.45) is 0 Å². The van der Waals surface area contributed by atoms with Crippen LogP contribution in [0.1, 0.15) is 62.3 Å². The highest BCUT2D eigenvalue weighted by Crippen LogP contribution is 2.41. The molecule has 0 fully saturated rings. The zero-order valence-corrected chi connectivity index (χ0v) is 21.7. The van der Waals surface area contributed by atoms with Crippen molar-refractivity contribution in [3.05, 3.63) is 59.2 Å². The number of methoxy groups -OCH3 is 1. The summed E-state index contributed by atoms with van der Waals surface area (Å²) >= 11 is 0. The SMILES string of the molecule is CCCC[C@]1(CC)CS(=O)(=O)c2cc(CNCP(=O)(O)O)c(OC)cc2[C@@H](c2ccccc2)N1. The van der Waals surface area contributed by atoms with Crippen LogP contribution in [0.2, 0.25) is 0 Å². The van der Waals surface area contributed by atoms with Crippen LogP contribution in [0.4, 0.5) is 0 Å². The summed E-state index contributed by atoms with van der Waals surface area (Å²) in [6.45, 7) is 4.18. The van der Waals surface area contributed by atoms with Crippen LogP contribution in [0.15, 0.2) is 47.4 Å². The Hall–Kier alpha value is -1.74. The maximum Gasteiger partial charge on any atom is 0.339 e. The molecule has 0 amide bonds. The van der Waals surface area contributed by atoms with Crippen LogP contribution in [-0.4, -0.2) is 42.9 Å². The van der Waals surface area contributed by atoms with Gasteiger partial charge in [-0.2, -0.15) is 0 Å². The molecule has 10 heteroatoms. The van der Waals surface area contributed by atoms with E-state index in [1.165, 1.54) is 7.11 Å². The van der Waals surface area contributed by atoms with Gasteiger partial charge in [0.15, 0.2) is 9.84 Å². The van der Waals surface area contributed by atoms with Gasteiger partial charge in [-0.3, -0.25) is 9.88 Å². The minimum absolute atomic E-state index is 0.0193. The van der Waals surface area contributed by atoms with E-state index in [9.17, 15) is 13.0 Å².